The van der Waals surface area contributed by atoms with E-state index in [1.807, 2.05) is 6.92 Å². The third-order valence-electron chi connectivity index (χ3n) is 22.1. The lowest BCUT2D eigenvalue weighted by Gasteiger charge is -2.25. The summed E-state index contributed by atoms with van der Waals surface area (Å²) in [4.78, 5) is 123. The molecule has 8 aliphatic heterocycles. The molecule has 45 nitrogen and oxygen atoms in total. The van der Waals surface area contributed by atoms with Crippen LogP contribution in [0.2, 0.25) is 15.1 Å². The van der Waals surface area contributed by atoms with Crippen molar-refractivity contribution in [2.45, 2.75) is 195 Å². The maximum Gasteiger partial charge on any atom is 0.459 e. The predicted octanol–water partition coefficient (Wildman–Crippen LogP) is 9.87. The van der Waals surface area contributed by atoms with E-state index >= 15 is 8.78 Å². The first-order valence-electron chi connectivity index (χ1n) is 43.9. The van der Waals surface area contributed by atoms with E-state index in [-0.39, 0.29) is 91.6 Å². The number of halogens is 11. The molecule has 0 amide bonds. The zero-order valence-electron chi connectivity index (χ0n) is 77.1. The Morgan fingerprint density at radius 3 is 1.07 bits per heavy atom. The van der Waals surface area contributed by atoms with Gasteiger partial charge in [-0.15, -0.1) is 0 Å². The first-order valence-corrected chi connectivity index (χ1v) is 51.2. The number of allylic oxidation sites excluding steroid dienone is 1. The van der Waals surface area contributed by atoms with E-state index < -0.39 is 232 Å². The lowest BCUT2D eigenvalue weighted by Crippen LogP contribution is -2.44. The molecule has 146 heavy (non-hydrogen) atoms. The van der Waals surface area contributed by atoms with Crippen LogP contribution >= 0.6 is 65.8 Å². The standard InChI is InChI=1S/C25H28F2N3O9P.C21H24F2N3O8P.C20H20Cl2F2N3O8P.C20H21ClF2N3O8P/c1-15(2)13-17-9-11-30(24(33)28-17)23-25(26,27)21(37-16(3)31)20(38-23)14-36-40(34,29-19-10-12-35-22(19)32)39-18-7-5-4-6-8-18;1-12-3-5-14(6-4-12)34-35(30,25-15-8-10-31-18(15)28)32-11-16-17(27)21(22,23)19(33-16)26-9-7-13(2)24-20(26)29;1-10-4-6-27(19(30)25-10)18-20(23,24)16(28)15(34-18)9-33-36(31,26-13-5-7-32-17(13)29)35-14-3-2-11(21)8-12(14)22;1-11-6-8-26(19(29)24-11)18-20(22,23)16(27)15(33-18)10-32-35(30,25-14-7-9-31-17(14)28)34-13-4-2-12(21)3-5-13/h4-9,11,19-21,23H,1,10,12-14H2,2-3H3,(H,29,34);3-7,9,15-17,19,27H,8,10-11H2,1-2H3,(H,25,30);2-4,6,8,13,15-16,18,28H,5,7,9H2,1H3,(H,26,31);2-6,8,14-16,18,27H,7,9-10H2,1H3,(H,25,30)/t19-,20+,21+,23+,40-;15-,16+,17+,19+,35?;13-,15+,16+,18+,36?;14-,15+,16+,18+,35?/m0000/s1. The number of para-hydroxylation sites is 1. The van der Waals surface area contributed by atoms with Gasteiger partial charge in [-0.05, 0) is 126 Å². The molecule has 8 saturated heterocycles. The van der Waals surface area contributed by atoms with E-state index in [0.717, 1.165) is 37.3 Å². The number of nitrogens with one attached hydrogen (secondary N) is 4. The van der Waals surface area contributed by atoms with Crippen molar-refractivity contribution in [1.29, 1.82) is 0 Å². The van der Waals surface area contributed by atoms with Gasteiger partial charge in [0.05, 0.1) is 63.6 Å². The van der Waals surface area contributed by atoms with E-state index in [9.17, 15) is 103 Å². The molecular weight excluding hydrogens is 2110 g/mol. The van der Waals surface area contributed by atoms with E-state index in [1.54, 1.807) is 37.3 Å². The van der Waals surface area contributed by atoms with Gasteiger partial charge in [0.1, 0.15) is 71.6 Å². The summed E-state index contributed by atoms with van der Waals surface area (Å²) >= 11 is 17.8. The third-order valence-corrected chi connectivity index (χ3v) is 29.1. The zero-order chi connectivity index (χ0) is 106. The number of aryl methyl sites for hydroxylation is 4. The van der Waals surface area contributed by atoms with Crippen LogP contribution in [0.1, 0.15) is 92.8 Å². The van der Waals surface area contributed by atoms with E-state index in [0.29, 0.717) is 51.6 Å². The number of alkyl halides is 8. The van der Waals surface area contributed by atoms with Gasteiger partial charge >= 0.3 is 107 Å². The summed E-state index contributed by atoms with van der Waals surface area (Å²) in [6.45, 7) is 9.69. The van der Waals surface area contributed by atoms with Gasteiger partial charge in [0.15, 0.2) is 24.4 Å². The molecule has 8 aromatic rings. The molecule has 7 N–H and O–H groups in total. The molecule has 60 heteroatoms. The van der Waals surface area contributed by atoms with E-state index in [4.69, 9.17) is 114 Å². The molecule has 0 spiro atoms. The Bertz CT molecular complexity index is 6380. The Morgan fingerprint density at radius 1 is 0.425 bits per heavy atom. The highest BCUT2D eigenvalue weighted by atomic mass is 35.5. The molecule has 0 saturated carbocycles. The fourth-order valence-corrected chi connectivity index (χ4v) is 21.5. The topological polar surface area (TPSA) is 559 Å². The minimum absolute atomic E-state index is 0.0443. The van der Waals surface area contributed by atoms with Gasteiger partial charge in [0.25, 0.3) is 0 Å². The number of esters is 5. The lowest BCUT2D eigenvalue weighted by molar-refractivity contribution is -0.174. The van der Waals surface area contributed by atoms with Crippen molar-refractivity contribution in [2.24, 2.45) is 0 Å². The van der Waals surface area contributed by atoms with Crippen LogP contribution in [-0.2, 0) is 109 Å². The van der Waals surface area contributed by atoms with Crippen molar-refractivity contribution in [1.82, 2.24) is 58.6 Å². The molecule has 4 aromatic heterocycles. The van der Waals surface area contributed by atoms with Crippen LogP contribution in [0.4, 0.5) is 35.1 Å². The molecule has 0 aliphatic carbocycles. The lowest BCUT2D eigenvalue weighted by atomic mass is 10.1. The smallest absolute Gasteiger partial charge is 0.459 e. The molecule has 4 aromatic carbocycles. The number of aliphatic hydroxyl groups excluding tert-OH is 3. The number of aliphatic hydroxyl groups is 3. The first-order chi connectivity index (χ1) is 68.7. The van der Waals surface area contributed by atoms with Crippen LogP contribution in [0.25, 0.3) is 0 Å². The SMILES string of the molecule is C=C(C)Cc1ccn([C@@H]2O[C@H](CO[P@@](=O)(N[C@H]3CCOC3=O)Oc3ccccc3)[C@@H](OC(C)=O)C2(F)F)c(=O)n1.Cc1ccc(OP(=O)(N[C@H]2CCOC2=O)OC[C@H]2O[C@@H](n3ccc(C)nc3=O)C(F)(F)[C@@H]2O)cc1.Cc1ccn([C@@H]2O[C@H](COP(=O)(N[C@H]3CCOC3=O)Oc3ccc(Cl)cc3)[C@@H](O)C2(F)F)c(=O)n1.Cc1ccn([C@@H]2O[C@H](COP(=O)(N[C@H]3CCOC3=O)Oc3ccc(Cl)cc3Cl)[C@@H](O)C2(F)F)c(=O)n1. The highest BCUT2D eigenvalue weighted by Crippen LogP contribution is 2.55. The number of benzene rings is 4. The summed E-state index contributed by atoms with van der Waals surface area (Å²) in [7, 11) is -17.6. The van der Waals surface area contributed by atoms with Crippen LogP contribution in [0, 0.1) is 27.7 Å². The number of rotatable bonds is 35. The van der Waals surface area contributed by atoms with Gasteiger partial charge in [-0.1, -0.05) is 82.9 Å². The Balaban J connectivity index is 0.000000163. The maximum atomic E-state index is 15.6. The Hall–Kier alpha value is -10.7. The molecule has 8 fully saturated rings. The molecule has 3 unspecified atom stereocenters. The summed E-state index contributed by atoms with van der Waals surface area (Å²) in [5, 5.41) is 41.0. The minimum atomic E-state index is -4.49. The fraction of sp³-hybridized carbons (Fsp3) is 0.453. The largest absolute Gasteiger partial charge is 0.464 e. The number of carbonyl (C=O) groups excluding carboxylic acids is 5. The molecule has 20 atom stereocenters. The summed E-state index contributed by atoms with van der Waals surface area (Å²) in [6, 6.07) is 25.1. The molecular formula is C86H93Cl3F8N12O33P4. The third kappa shape index (κ3) is 27.7. The van der Waals surface area contributed by atoms with Crippen LogP contribution in [0.5, 0.6) is 23.0 Å². The van der Waals surface area contributed by atoms with Gasteiger partial charge in [-0.3, -0.25) is 60.3 Å². The zero-order valence-corrected chi connectivity index (χ0v) is 83.0. The second kappa shape index (κ2) is 47.0. The molecule has 12 heterocycles. The van der Waals surface area contributed by atoms with Crippen LogP contribution < -0.4 is 61.2 Å². The maximum absolute atomic E-state index is 15.6. The second-order valence-electron chi connectivity index (χ2n) is 33.4. The number of ether oxygens (including phenoxy) is 9. The quantitative estimate of drug-likeness (QED) is 0.00638. The number of hydrogen-bond acceptors (Lipinski definition) is 37. The monoisotopic (exact) mass is 2200 g/mol. The number of nitrogens with zero attached hydrogens (tertiary/aromatic N) is 8. The summed E-state index contributed by atoms with van der Waals surface area (Å²) < 4.78 is 265. The van der Waals surface area contributed by atoms with E-state index in [1.165, 1.54) is 112 Å². The molecule has 8 aliphatic rings. The summed E-state index contributed by atoms with van der Waals surface area (Å²) in [5.41, 5.74) is -1.16. The number of hydrogen-bond donors (Lipinski definition) is 7. The summed E-state index contributed by atoms with van der Waals surface area (Å²) in [5.74, 6) is -19.3. The molecule has 792 valence electrons. The fourth-order valence-electron chi connectivity index (χ4n) is 14.7. The van der Waals surface area contributed by atoms with Crippen LogP contribution in [-0.4, -0.2) is 233 Å². The first kappa shape index (κ1) is 112. The second-order valence-corrected chi connectivity index (χ2v) is 41.5. The average Bonchev–Trinajstić information content (AvgIpc) is 1.60. The average molecular weight is 2200 g/mol. The Labute approximate surface area is 836 Å². The molecule has 0 bridgehead atoms. The molecule has 16 rings (SSSR count). The van der Waals surface area contributed by atoms with Crippen LogP contribution in [0.15, 0.2) is 177 Å². The van der Waals surface area contributed by atoms with Crippen molar-refractivity contribution in [3.05, 3.63) is 244 Å². The van der Waals surface area contributed by atoms with Crippen molar-refractivity contribution >= 4 is 95.6 Å². The van der Waals surface area contributed by atoms with Crippen molar-refractivity contribution < 1.29 is 171 Å². The van der Waals surface area contributed by atoms with Crippen LogP contribution in [0.3, 0.4) is 0 Å². The van der Waals surface area contributed by atoms with Crippen molar-refractivity contribution in [3.8, 4) is 23.0 Å². The van der Waals surface area contributed by atoms with Gasteiger partial charge in [0, 0.05) is 90.9 Å². The highest BCUT2D eigenvalue weighted by Gasteiger charge is 2.65. The number of cyclic esters (lactones) is 4. The van der Waals surface area contributed by atoms with Crippen molar-refractivity contribution in [2.75, 3.05) is 52.9 Å². The van der Waals surface area contributed by atoms with E-state index in [2.05, 4.69) is 46.9 Å². The van der Waals surface area contributed by atoms with Gasteiger partial charge in [0.2, 0.25) is 24.9 Å². The highest BCUT2D eigenvalue weighted by molar-refractivity contribution is 7.53. The normalized spacial score (nSPS) is 26.7. The Kier molecular flexibility index (Phi) is 36.2. The number of carbonyl (C=O) groups is 5. The minimum Gasteiger partial charge on any atom is -0.464 e. The van der Waals surface area contributed by atoms with Gasteiger partial charge < -0.3 is 76.0 Å². The summed E-state index contributed by atoms with van der Waals surface area (Å²) in [6.07, 6.45) is -19.9. The van der Waals surface area contributed by atoms with Crippen molar-refractivity contribution in [3.63, 3.8) is 0 Å². The number of aromatic nitrogens is 8. The molecule has 0 radical (unpaired) electrons. The Morgan fingerprint density at radius 2 is 0.740 bits per heavy atom. The predicted molar refractivity (Wildman–Crippen MR) is 488 cm³/mol. The van der Waals surface area contributed by atoms with Gasteiger partial charge in [-0.2, -0.15) is 75.4 Å². The van der Waals surface area contributed by atoms with Gasteiger partial charge in [-0.25, -0.2) is 37.4 Å².